The number of imidazole rings is 1. The second kappa shape index (κ2) is 6.30. The van der Waals surface area contributed by atoms with Crippen LogP contribution in [0.4, 0.5) is 4.79 Å². The van der Waals surface area contributed by atoms with Crippen molar-refractivity contribution in [3.05, 3.63) is 48.5 Å². The van der Waals surface area contributed by atoms with Crippen LogP contribution >= 0.6 is 0 Å². The Morgan fingerprint density at radius 3 is 2.68 bits per heavy atom. The van der Waals surface area contributed by atoms with Crippen LogP contribution in [-0.2, 0) is 0 Å². The molecule has 0 saturated heterocycles. The molecular weight excluding hydrogens is 282 g/mol. The number of nitrogens with one attached hydrogen (secondary N) is 3. The Balaban J connectivity index is 1.58. The van der Waals surface area contributed by atoms with Gasteiger partial charge in [0.1, 0.15) is 5.69 Å². The normalized spacial score (nSPS) is 13.5. The Morgan fingerprint density at radius 1 is 1.18 bits per heavy atom. The van der Waals surface area contributed by atoms with Crippen LogP contribution in [0, 0.1) is 5.92 Å². The molecule has 114 valence electrons. The van der Waals surface area contributed by atoms with Crippen molar-refractivity contribution < 1.29 is 9.59 Å². The lowest BCUT2D eigenvalue weighted by Crippen LogP contribution is -2.47. The highest BCUT2D eigenvalue weighted by molar-refractivity contribution is 5.94. The number of hydrogen-bond acceptors (Lipinski definition) is 3. The van der Waals surface area contributed by atoms with Gasteiger partial charge in [-0.2, -0.15) is 0 Å². The molecule has 3 N–H and O–H groups in total. The molecule has 1 aromatic carbocycles. The number of carbonyl (C=O) groups excluding carboxylic acids is 2. The molecule has 2 aromatic rings. The number of hydrazine groups is 1. The number of urea groups is 1. The lowest BCUT2D eigenvalue weighted by atomic mass is 10.3. The van der Waals surface area contributed by atoms with Crippen LogP contribution in [0.15, 0.2) is 42.9 Å². The smallest absolute Gasteiger partial charge is 0.333 e. The number of carbonyl (C=O) groups is 2. The second-order valence-electron chi connectivity index (χ2n) is 5.22. The topological polar surface area (TPSA) is 88.1 Å². The van der Waals surface area contributed by atoms with Gasteiger partial charge in [0.15, 0.2) is 0 Å². The Labute approximate surface area is 127 Å². The molecule has 1 saturated carbocycles. The maximum atomic E-state index is 12.1. The summed E-state index contributed by atoms with van der Waals surface area (Å²) in [6, 6.07) is 8.97. The third-order valence-corrected chi connectivity index (χ3v) is 3.44. The number of rotatable bonds is 4. The maximum absolute atomic E-state index is 12.1. The predicted octanol–water partition coefficient (Wildman–Crippen LogP) is 1.23. The molecule has 1 heterocycles. The minimum Gasteiger partial charge on any atom is -0.336 e. The summed E-state index contributed by atoms with van der Waals surface area (Å²) in [5.41, 5.74) is 5.88. The summed E-state index contributed by atoms with van der Waals surface area (Å²) in [6.45, 7) is 0.643. The maximum Gasteiger partial charge on any atom is 0.333 e. The minimum absolute atomic E-state index is 0.341. The highest BCUT2D eigenvalue weighted by Crippen LogP contribution is 2.27. The molecule has 0 bridgehead atoms. The van der Waals surface area contributed by atoms with Gasteiger partial charge in [-0.1, -0.05) is 18.2 Å². The van der Waals surface area contributed by atoms with Crippen molar-refractivity contribution in [2.75, 3.05) is 6.54 Å². The summed E-state index contributed by atoms with van der Waals surface area (Å²) < 4.78 is 1.65. The first kappa shape index (κ1) is 14.1. The van der Waals surface area contributed by atoms with Gasteiger partial charge in [0.25, 0.3) is 5.91 Å². The monoisotopic (exact) mass is 299 g/mol. The van der Waals surface area contributed by atoms with Crippen LogP contribution in [0.25, 0.3) is 5.69 Å². The van der Waals surface area contributed by atoms with Crippen LogP contribution in [0.1, 0.15) is 23.3 Å². The molecule has 3 amide bonds. The number of aromatic nitrogens is 2. The van der Waals surface area contributed by atoms with E-state index in [0.29, 0.717) is 18.2 Å². The molecule has 0 aliphatic heterocycles. The van der Waals surface area contributed by atoms with Crippen molar-refractivity contribution in [1.29, 1.82) is 0 Å². The summed E-state index contributed by atoms with van der Waals surface area (Å²) >= 11 is 0. The molecule has 0 unspecified atom stereocenters. The average Bonchev–Trinajstić information content (AvgIpc) is 3.25. The van der Waals surface area contributed by atoms with Gasteiger partial charge in [-0.25, -0.2) is 15.2 Å². The van der Waals surface area contributed by atoms with E-state index >= 15 is 0 Å². The number of benzene rings is 1. The van der Waals surface area contributed by atoms with E-state index in [1.807, 2.05) is 30.3 Å². The van der Waals surface area contributed by atoms with E-state index < -0.39 is 11.9 Å². The largest absolute Gasteiger partial charge is 0.336 e. The van der Waals surface area contributed by atoms with Crippen molar-refractivity contribution in [1.82, 2.24) is 25.7 Å². The molecule has 0 spiro atoms. The lowest BCUT2D eigenvalue weighted by Gasteiger charge is -2.10. The third-order valence-electron chi connectivity index (χ3n) is 3.44. The zero-order valence-corrected chi connectivity index (χ0v) is 12.0. The zero-order valence-electron chi connectivity index (χ0n) is 12.0. The summed E-state index contributed by atoms with van der Waals surface area (Å²) in [4.78, 5) is 27.7. The molecule has 0 radical (unpaired) electrons. The third kappa shape index (κ3) is 3.43. The highest BCUT2D eigenvalue weighted by Gasteiger charge is 2.21. The van der Waals surface area contributed by atoms with Crippen LogP contribution in [0.5, 0.6) is 0 Å². The first-order chi connectivity index (χ1) is 10.7. The number of para-hydroxylation sites is 1. The quantitative estimate of drug-likeness (QED) is 0.742. The van der Waals surface area contributed by atoms with E-state index in [2.05, 4.69) is 21.2 Å². The number of amides is 3. The first-order valence-electron chi connectivity index (χ1n) is 7.16. The summed E-state index contributed by atoms with van der Waals surface area (Å²) in [6.07, 6.45) is 5.31. The molecule has 1 fully saturated rings. The Bertz CT molecular complexity index is 664. The van der Waals surface area contributed by atoms with Crippen molar-refractivity contribution >= 4 is 11.9 Å². The highest BCUT2D eigenvalue weighted by atomic mass is 16.2. The summed E-state index contributed by atoms with van der Waals surface area (Å²) in [7, 11) is 0. The van der Waals surface area contributed by atoms with Gasteiger partial charge >= 0.3 is 6.03 Å². The van der Waals surface area contributed by atoms with Crippen LogP contribution in [0.2, 0.25) is 0 Å². The molecule has 7 heteroatoms. The average molecular weight is 299 g/mol. The zero-order chi connectivity index (χ0) is 15.4. The standard InChI is InChI=1S/C15H17N5O2/c21-14(18-19-15(22)17-8-11-6-7-11)13-9-16-10-20(13)12-4-2-1-3-5-12/h1-5,9-11H,6-8H2,(H,18,21)(H2,17,19,22). The fourth-order valence-electron chi connectivity index (χ4n) is 2.04. The van der Waals surface area contributed by atoms with Gasteiger partial charge in [0.2, 0.25) is 0 Å². The van der Waals surface area contributed by atoms with Gasteiger partial charge in [-0.15, -0.1) is 0 Å². The summed E-state index contributed by atoms with van der Waals surface area (Å²) in [5, 5.41) is 2.70. The fraction of sp³-hybridized carbons (Fsp3) is 0.267. The second-order valence-corrected chi connectivity index (χ2v) is 5.22. The molecule has 1 aliphatic carbocycles. The Hall–Kier alpha value is -2.83. The number of nitrogens with zero attached hydrogens (tertiary/aromatic N) is 2. The Kier molecular flexibility index (Phi) is 4.04. The van der Waals surface area contributed by atoms with Crippen molar-refractivity contribution in [2.45, 2.75) is 12.8 Å². The molecule has 3 rings (SSSR count). The predicted molar refractivity (Wildman–Crippen MR) is 80.3 cm³/mol. The van der Waals surface area contributed by atoms with Gasteiger partial charge in [0, 0.05) is 12.2 Å². The molecule has 0 atom stereocenters. The van der Waals surface area contributed by atoms with Crippen molar-refractivity contribution in [3.63, 3.8) is 0 Å². The minimum atomic E-state index is -0.428. The van der Waals surface area contributed by atoms with Gasteiger partial charge in [-0.3, -0.25) is 14.8 Å². The van der Waals surface area contributed by atoms with E-state index in [1.54, 1.807) is 10.9 Å². The van der Waals surface area contributed by atoms with Gasteiger partial charge < -0.3 is 5.32 Å². The fourth-order valence-corrected chi connectivity index (χ4v) is 2.04. The van der Waals surface area contributed by atoms with Crippen LogP contribution < -0.4 is 16.2 Å². The first-order valence-corrected chi connectivity index (χ1v) is 7.16. The van der Waals surface area contributed by atoms with Crippen LogP contribution in [-0.4, -0.2) is 28.0 Å². The van der Waals surface area contributed by atoms with Gasteiger partial charge in [0.05, 0.1) is 12.5 Å². The van der Waals surface area contributed by atoms with E-state index in [4.69, 9.17) is 0 Å². The molecule has 1 aromatic heterocycles. The van der Waals surface area contributed by atoms with Crippen molar-refractivity contribution in [3.8, 4) is 5.69 Å². The lowest BCUT2D eigenvalue weighted by molar-refractivity contribution is 0.0929. The molecule has 7 nitrogen and oxygen atoms in total. The van der Waals surface area contributed by atoms with Crippen LogP contribution in [0.3, 0.4) is 0 Å². The summed E-state index contributed by atoms with van der Waals surface area (Å²) in [5.74, 6) is 0.156. The van der Waals surface area contributed by atoms with E-state index in [-0.39, 0.29) is 0 Å². The van der Waals surface area contributed by atoms with E-state index in [0.717, 1.165) is 18.5 Å². The molecular formula is C15H17N5O2. The molecule has 1 aliphatic rings. The van der Waals surface area contributed by atoms with E-state index in [1.165, 1.54) is 6.20 Å². The molecule has 22 heavy (non-hydrogen) atoms. The number of hydrogen-bond donors (Lipinski definition) is 3. The van der Waals surface area contributed by atoms with Gasteiger partial charge in [-0.05, 0) is 30.9 Å². The SMILES string of the molecule is O=C(NCC1CC1)NNC(=O)c1cncn1-c1ccccc1. The van der Waals surface area contributed by atoms with E-state index in [9.17, 15) is 9.59 Å². The Morgan fingerprint density at radius 2 is 1.95 bits per heavy atom. The van der Waals surface area contributed by atoms with Crippen molar-refractivity contribution in [2.24, 2.45) is 5.92 Å².